The number of aromatic nitrogens is 4. The first-order chi connectivity index (χ1) is 18.3. The van der Waals surface area contributed by atoms with E-state index in [1.165, 1.54) is 6.07 Å². The lowest BCUT2D eigenvalue weighted by Gasteiger charge is -2.38. The van der Waals surface area contributed by atoms with Crippen LogP contribution < -0.4 is 20.3 Å². The average Bonchev–Trinajstić information content (AvgIpc) is 3.61. The molecule has 2 aliphatic heterocycles. The van der Waals surface area contributed by atoms with Gasteiger partial charge in [0.05, 0.1) is 11.1 Å². The van der Waals surface area contributed by atoms with Crippen molar-refractivity contribution in [3.05, 3.63) is 48.0 Å². The first kappa shape index (κ1) is 24.5. The lowest BCUT2D eigenvalue weighted by atomic mass is 10.0. The minimum atomic E-state index is -0.495. The van der Waals surface area contributed by atoms with Crippen LogP contribution in [0.15, 0.2) is 36.7 Å². The van der Waals surface area contributed by atoms with Crippen molar-refractivity contribution < 1.29 is 13.9 Å². The van der Waals surface area contributed by atoms with Gasteiger partial charge in [-0.05, 0) is 38.1 Å². The molecule has 0 aliphatic carbocycles. The van der Waals surface area contributed by atoms with Crippen molar-refractivity contribution in [2.45, 2.75) is 25.9 Å². The number of anilines is 2. The van der Waals surface area contributed by atoms with Crippen molar-refractivity contribution in [2.75, 3.05) is 49.5 Å². The number of rotatable bonds is 7. The monoisotopic (exact) mass is 518 g/mol. The SMILES string of the molecule is CC1CN(c2ccc(C(=O)Nc3cc(F)c4nn(C)cc4c3)c3nc(OCCN4CC4)ncc23)CC(C)N1. The summed E-state index contributed by atoms with van der Waals surface area (Å²) >= 11 is 0. The summed E-state index contributed by atoms with van der Waals surface area (Å²) in [6.07, 6.45) is 3.45. The van der Waals surface area contributed by atoms with Crippen LogP contribution in [0.25, 0.3) is 21.8 Å². The molecule has 2 fully saturated rings. The predicted molar refractivity (Wildman–Crippen MR) is 144 cm³/mol. The summed E-state index contributed by atoms with van der Waals surface area (Å²) in [5.74, 6) is -0.884. The number of ether oxygens (including phenoxy) is 1. The molecule has 38 heavy (non-hydrogen) atoms. The third-order valence-corrected chi connectivity index (χ3v) is 6.96. The number of piperazine rings is 1. The maximum atomic E-state index is 14.6. The van der Waals surface area contributed by atoms with E-state index in [0.717, 1.165) is 43.8 Å². The van der Waals surface area contributed by atoms with Gasteiger partial charge in [-0.25, -0.2) is 9.37 Å². The van der Waals surface area contributed by atoms with E-state index in [4.69, 9.17) is 4.74 Å². The molecule has 2 saturated heterocycles. The summed E-state index contributed by atoms with van der Waals surface area (Å²) in [7, 11) is 1.73. The number of aryl methyl sites for hydroxylation is 1. The molecule has 198 valence electrons. The zero-order valence-electron chi connectivity index (χ0n) is 21.7. The molecule has 0 radical (unpaired) electrons. The number of carbonyl (C=O) groups excluding carboxylic acids is 1. The Morgan fingerprint density at radius 3 is 2.74 bits per heavy atom. The fourth-order valence-electron chi connectivity index (χ4n) is 5.18. The molecule has 2 unspecified atom stereocenters. The van der Waals surface area contributed by atoms with E-state index in [1.807, 2.05) is 6.07 Å². The van der Waals surface area contributed by atoms with Gasteiger partial charge in [0, 0.05) is 86.4 Å². The van der Waals surface area contributed by atoms with Crippen LogP contribution in [0, 0.1) is 5.82 Å². The van der Waals surface area contributed by atoms with Crippen LogP contribution in [0.5, 0.6) is 6.01 Å². The lowest BCUT2D eigenvalue weighted by Crippen LogP contribution is -2.54. The second kappa shape index (κ2) is 9.80. The molecule has 2 N–H and O–H groups in total. The number of carbonyl (C=O) groups is 1. The minimum Gasteiger partial charge on any atom is -0.462 e. The number of amides is 1. The Kier molecular flexibility index (Phi) is 6.32. The Morgan fingerprint density at radius 1 is 1.18 bits per heavy atom. The van der Waals surface area contributed by atoms with Gasteiger partial charge in [0.1, 0.15) is 12.1 Å². The van der Waals surface area contributed by atoms with E-state index in [2.05, 4.69) is 49.3 Å². The van der Waals surface area contributed by atoms with Crippen molar-refractivity contribution in [1.29, 1.82) is 0 Å². The van der Waals surface area contributed by atoms with Gasteiger partial charge in [-0.3, -0.25) is 14.4 Å². The molecule has 1 amide bonds. The smallest absolute Gasteiger partial charge is 0.316 e. The number of halogens is 1. The predicted octanol–water partition coefficient (Wildman–Crippen LogP) is 2.79. The Labute approximate surface area is 219 Å². The highest BCUT2D eigenvalue weighted by Gasteiger charge is 2.25. The molecule has 0 saturated carbocycles. The van der Waals surface area contributed by atoms with Crippen molar-refractivity contribution in [2.24, 2.45) is 7.05 Å². The maximum Gasteiger partial charge on any atom is 0.316 e. The van der Waals surface area contributed by atoms with Crippen LogP contribution in [0.1, 0.15) is 24.2 Å². The Morgan fingerprint density at radius 2 is 1.97 bits per heavy atom. The summed E-state index contributed by atoms with van der Waals surface area (Å²) < 4.78 is 22.0. The normalized spacial score (nSPS) is 19.7. The third-order valence-electron chi connectivity index (χ3n) is 6.96. The molecule has 6 rings (SSSR count). The lowest BCUT2D eigenvalue weighted by molar-refractivity contribution is 0.102. The van der Waals surface area contributed by atoms with Crippen LogP contribution in [0.3, 0.4) is 0 Å². The zero-order valence-corrected chi connectivity index (χ0v) is 21.7. The summed E-state index contributed by atoms with van der Waals surface area (Å²) in [5.41, 5.74) is 2.44. The third kappa shape index (κ3) is 4.99. The van der Waals surface area contributed by atoms with Gasteiger partial charge in [0.2, 0.25) is 0 Å². The number of fused-ring (bicyclic) bond motifs is 2. The van der Waals surface area contributed by atoms with E-state index in [9.17, 15) is 9.18 Å². The van der Waals surface area contributed by atoms with Crippen LogP contribution in [0.2, 0.25) is 0 Å². The zero-order chi connectivity index (χ0) is 26.4. The minimum absolute atomic E-state index is 0.232. The van der Waals surface area contributed by atoms with Gasteiger partial charge >= 0.3 is 6.01 Å². The fraction of sp³-hybridized carbons (Fsp3) is 0.407. The van der Waals surface area contributed by atoms with Gasteiger partial charge in [-0.2, -0.15) is 10.1 Å². The molecule has 2 atom stereocenters. The van der Waals surface area contributed by atoms with Gasteiger partial charge in [0.25, 0.3) is 5.91 Å². The number of benzene rings is 2. The molecule has 2 aromatic heterocycles. The van der Waals surface area contributed by atoms with Gasteiger partial charge in [-0.1, -0.05) is 0 Å². The van der Waals surface area contributed by atoms with Crippen molar-refractivity contribution >= 4 is 39.1 Å². The number of nitrogens with one attached hydrogen (secondary N) is 2. The molecule has 0 bridgehead atoms. The van der Waals surface area contributed by atoms with Crippen LogP contribution in [-0.4, -0.2) is 82.0 Å². The second-order valence-corrected chi connectivity index (χ2v) is 10.3. The number of hydrogen-bond acceptors (Lipinski definition) is 8. The molecule has 2 aliphatic rings. The second-order valence-electron chi connectivity index (χ2n) is 10.3. The molecule has 4 heterocycles. The van der Waals surface area contributed by atoms with E-state index in [0.29, 0.717) is 40.8 Å². The summed E-state index contributed by atoms with van der Waals surface area (Å²) in [6, 6.07) is 7.57. The van der Waals surface area contributed by atoms with Crippen molar-refractivity contribution in [1.82, 2.24) is 30.0 Å². The van der Waals surface area contributed by atoms with Crippen LogP contribution >= 0.6 is 0 Å². The van der Waals surface area contributed by atoms with Gasteiger partial charge in [-0.15, -0.1) is 0 Å². The quantitative estimate of drug-likeness (QED) is 0.361. The highest BCUT2D eigenvalue weighted by atomic mass is 19.1. The van der Waals surface area contributed by atoms with Gasteiger partial charge < -0.3 is 20.3 Å². The van der Waals surface area contributed by atoms with E-state index in [1.54, 1.807) is 36.3 Å². The number of nitrogens with zero attached hydrogens (tertiary/aromatic N) is 6. The van der Waals surface area contributed by atoms with Gasteiger partial charge in [0.15, 0.2) is 5.82 Å². The van der Waals surface area contributed by atoms with Crippen LogP contribution in [0.4, 0.5) is 15.8 Å². The highest BCUT2D eigenvalue weighted by Crippen LogP contribution is 2.31. The van der Waals surface area contributed by atoms with E-state index >= 15 is 0 Å². The van der Waals surface area contributed by atoms with E-state index < -0.39 is 5.82 Å². The molecule has 10 nitrogen and oxygen atoms in total. The molecule has 0 spiro atoms. The topological polar surface area (TPSA) is 100 Å². The van der Waals surface area contributed by atoms with Crippen LogP contribution in [-0.2, 0) is 7.05 Å². The molecular weight excluding hydrogens is 487 g/mol. The largest absolute Gasteiger partial charge is 0.462 e. The summed E-state index contributed by atoms with van der Waals surface area (Å²) in [6.45, 7) is 9.42. The fourth-order valence-corrected chi connectivity index (χ4v) is 5.18. The summed E-state index contributed by atoms with van der Waals surface area (Å²) in [4.78, 5) is 27.2. The van der Waals surface area contributed by atoms with E-state index in [-0.39, 0.29) is 17.4 Å². The summed E-state index contributed by atoms with van der Waals surface area (Å²) in [5, 5.41) is 11.9. The Balaban J connectivity index is 1.35. The van der Waals surface area contributed by atoms with Crippen molar-refractivity contribution in [3.8, 4) is 6.01 Å². The number of hydrogen-bond donors (Lipinski definition) is 2. The highest BCUT2D eigenvalue weighted by molar-refractivity contribution is 6.14. The first-order valence-electron chi connectivity index (χ1n) is 12.9. The molecular formula is C27H31FN8O2. The van der Waals surface area contributed by atoms with Crippen molar-refractivity contribution in [3.63, 3.8) is 0 Å². The first-order valence-corrected chi connectivity index (χ1v) is 12.9. The Bertz CT molecular complexity index is 1510. The molecule has 11 heteroatoms. The average molecular weight is 519 g/mol. The molecule has 2 aromatic carbocycles. The maximum absolute atomic E-state index is 14.6. The molecule has 4 aromatic rings. The Hall–Kier alpha value is -3.83. The standard InChI is InChI=1S/C27H31FN8O2/c1-16-13-36(14-17(2)30-16)23-5-4-20(25-21(23)12-29-27(32-25)38-9-8-35-6-7-35)26(37)31-19-10-18-15-34(3)33-24(18)22(28)11-19/h4-5,10-12,15-17,30H,6-9,13-14H2,1-3H3,(H,31,37).